The van der Waals surface area contributed by atoms with E-state index < -0.39 is 0 Å². The molecule has 0 unspecified atom stereocenters. The van der Waals surface area contributed by atoms with E-state index in [2.05, 4.69) is 34.3 Å². The molecule has 1 aromatic carbocycles. The summed E-state index contributed by atoms with van der Waals surface area (Å²) in [6.07, 6.45) is 2.65. The number of nitrogens with zero attached hydrogens (tertiary/aromatic N) is 3. The summed E-state index contributed by atoms with van der Waals surface area (Å²) in [6.45, 7) is 1.94. The van der Waals surface area contributed by atoms with Crippen LogP contribution >= 0.6 is 0 Å². The summed E-state index contributed by atoms with van der Waals surface area (Å²) in [5, 5.41) is 4.31. The van der Waals surface area contributed by atoms with Crippen LogP contribution in [0.2, 0.25) is 0 Å². The van der Waals surface area contributed by atoms with Crippen molar-refractivity contribution < 1.29 is 0 Å². The van der Waals surface area contributed by atoms with Gasteiger partial charge in [0, 0.05) is 17.6 Å². The molecule has 1 aromatic heterocycles. The first-order chi connectivity index (χ1) is 8.66. The first-order valence-corrected chi connectivity index (χ1v) is 6.05. The molecule has 0 spiro atoms. The zero-order chi connectivity index (χ0) is 13.0. The number of nitrogen functional groups attached to an aromatic ring is 1. The van der Waals surface area contributed by atoms with Gasteiger partial charge in [0.15, 0.2) is 0 Å². The zero-order valence-corrected chi connectivity index (χ0v) is 10.8. The van der Waals surface area contributed by atoms with Gasteiger partial charge in [-0.1, -0.05) is 0 Å². The van der Waals surface area contributed by atoms with Gasteiger partial charge >= 0.3 is 0 Å². The van der Waals surface area contributed by atoms with Gasteiger partial charge in [0.05, 0.1) is 5.52 Å². The molecule has 2 aromatic rings. The van der Waals surface area contributed by atoms with Crippen molar-refractivity contribution in [1.82, 2.24) is 14.9 Å². The molecule has 0 radical (unpaired) electrons. The lowest BCUT2D eigenvalue weighted by atomic mass is 10.2. The van der Waals surface area contributed by atoms with Gasteiger partial charge in [-0.3, -0.25) is 0 Å². The monoisotopic (exact) mass is 245 g/mol. The number of rotatable bonds is 5. The molecule has 0 aliphatic heterocycles. The van der Waals surface area contributed by atoms with Crippen molar-refractivity contribution in [3.8, 4) is 0 Å². The molecule has 3 N–H and O–H groups in total. The second-order valence-corrected chi connectivity index (χ2v) is 4.58. The zero-order valence-electron chi connectivity index (χ0n) is 10.8. The fourth-order valence-corrected chi connectivity index (χ4v) is 1.82. The van der Waals surface area contributed by atoms with Crippen molar-refractivity contribution in [1.29, 1.82) is 0 Å². The average Bonchev–Trinajstić information content (AvgIpc) is 2.34. The van der Waals surface area contributed by atoms with Crippen LogP contribution in [0.1, 0.15) is 6.42 Å². The second kappa shape index (κ2) is 5.64. The Morgan fingerprint density at radius 1 is 1.28 bits per heavy atom. The quantitative estimate of drug-likeness (QED) is 0.618. The van der Waals surface area contributed by atoms with Gasteiger partial charge in [0.1, 0.15) is 12.1 Å². The van der Waals surface area contributed by atoms with Gasteiger partial charge in [0.2, 0.25) is 0 Å². The van der Waals surface area contributed by atoms with E-state index in [1.54, 1.807) is 6.33 Å². The molecule has 0 atom stereocenters. The minimum atomic E-state index is 0.730. The molecule has 2 rings (SSSR count). The maximum Gasteiger partial charge on any atom is 0.137 e. The average molecular weight is 245 g/mol. The number of nitrogens with one attached hydrogen (secondary N) is 1. The summed E-state index contributed by atoms with van der Waals surface area (Å²) < 4.78 is 0. The van der Waals surface area contributed by atoms with Gasteiger partial charge in [0.25, 0.3) is 0 Å². The van der Waals surface area contributed by atoms with Crippen molar-refractivity contribution >= 4 is 22.4 Å². The lowest BCUT2D eigenvalue weighted by Crippen LogP contribution is -2.16. The Morgan fingerprint density at radius 3 is 2.89 bits per heavy atom. The third-order valence-electron chi connectivity index (χ3n) is 2.73. The Balaban J connectivity index is 2.10. The number of aromatic nitrogens is 2. The van der Waals surface area contributed by atoms with E-state index >= 15 is 0 Å². The van der Waals surface area contributed by atoms with E-state index in [0.29, 0.717) is 0 Å². The van der Waals surface area contributed by atoms with Gasteiger partial charge in [-0.25, -0.2) is 9.97 Å². The molecule has 5 nitrogen and oxygen atoms in total. The highest BCUT2D eigenvalue weighted by Gasteiger charge is 2.03. The standard InChI is InChI=1S/C13H19N5/c1-18(2)7-3-6-15-13-11-8-10(14)4-5-12(11)16-9-17-13/h4-5,8-9H,3,6-7,14H2,1-2H3,(H,15,16,17). The van der Waals surface area contributed by atoms with Crippen molar-refractivity contribution in [2.75, 3.05) is 38.2 Å². The van der Waals surface area contributed by atoms with Crippen molar-refractivity contribution in [3.05, 3.63) is 24.5 Å². The molecule has 96 valence electrons. The first-order valence-electron chi connectivity index (χ1n) is 6.05. The Bertz CT molecular complexity index is 524. The minimum Gasteiger partial charge on any atom is -0.399 e. The molecule has 0 fully saturated rings. The normalized spacial score (nSPS) is 11.1. The summed E-state index contributed by atoms with van der Waals surface area (Å²) in [4.78, 5) is 10.7. The van der Waals surface area contributed by atoms with Gasteiger partial charge < -0.3 is 16.0 Å². The van der Waals surface area contributed by atoms with Crippen molar-refractivity contribution in [3.63, 3.8) is 0 Å². The Morgan fingerprint density at radius 2 is 2.11 bits per heavy atom. The summed E-state index contributed by atoms with van der Waals surface area (Å²) in [6, 6.07) is 5.67. The van der Waals surface area contributed by atoms with Crippen LogP contribution < -0.4 is 11.1 Å². The molecule has 0 saturated carbocycles. The predicted octanol–water partition coefficient (Wildman–Crippen LogP) is 1.58. The van der Waals surface area contributed by atoms with Crippen LogP contribution in [-0.4, -0.2) is 42.1 Å². The predicted molar refractivity (Wildman–Crippen MR) is 75.6 cm³/mol. The first kappa shape index (κ1) is 12.6. The minimum absolute atomic E-state index is 0.730. The van der Waals surface area contributed by atoms with E-state index in [1.807, 2.05) is 18.2 Å². The number of anilines is 2. The lowest BCUT2D eigenvalue weighted by Gasteiger charge is -2.11. The number of nitrogens with two attached hydrogens (primary N) is 1. The molecule has 18 heavy (non-hydrogen) atoms. The summed E-state index contributed by atoms with van der Waals surface area (Å²) in [5.74, 6) is 0.853. The molecule has 0 aliphatic carbocycles. The molecule has 1 heterocycles. The molecule has 0 bridgehead atoms. The van der Waals surface area contributed by atoms with E-state index in [0.717, 1.165) is 41.9 Å². The summed E-state index contributed by atoms with van der Waals surface area (Å²) in [5.41, 5.74) is 7.44. The number of benzene rings is 1. The number of hydrogen-bond acceptors (Lipinski definition) is 5. The highest BCUT2D eigenvalue weighted by Crippen LogP contribution is 2.21. The van der Waals surface area contributed by atoms with Crippen molar-refractivity contribution in [2.24, 2.45) is 0 Å². The third kappa shape index (κ3) is 3.07. The lowest BCUT2D eigenvalue weighted by molar-refractivity contribution is 0.405. The SMILES string of the molecule is CN(C)CCCNc1ncnc2ccc(N)cc12. The molecule has 0 aliphatic rings. The Hall–Kier alpha value is -1.88. The fraction of sp³-hybridized carbons (Fsp3) is 0.385. The van der Waals surface area contributed by atoms with Gasteiger partial charge in [-0.15, -0.1) is 0 Å². The number of hydrogen-bond donors (Lipinski definition) is 2. The second-order valence-electron chi connectivity index (χ2n) is 4.58. The van der Waals surface area contributed by atoms with Crippen LogP contribution in [-0.2, 0) is 0 Å². The molecule has 5 heteroatoms. The smallest absolute Gasteiger partial charge is 0.137 e. The van der Waals surface area contributed by atoms with Crippen LogP contribution in [0.4, 0.5) is 11.5 Å². The summed E-state index contributed by atoms with van der Waals surface area (Å²) >= 11 is 0. The van der Waals surface area contributed by atoms with E-state index in [1.165, 1.54) is 0 Å². The highest BCUT2D eigenvalue weighted by molar-refractivity contribution is 5.91. The largest absolute Gasteiger partial charge is 0.399 e. The third-order valence-corrected chi connectivity index (χ3v) is 2.73. The fourth-order valence-electron chi connectivity index (χ4n) is 1.82. The summed E-state index contributed by atoms with van der Waals surface area (Å²) in [7, 11) is 4.14. The van der Waals surface area contributed by atoms with Crippen LogP contribution in [0.5, 0.6) is 0 Å². The van der Waals surface area contributed by atoms with Crippen molar-refractivity contribution in [2.45, 2.75) is 6.42 Å². The van der Waals surface area contributed by atoms with E-state index in [9.17, 15) is 0 Å². The van der Waals surface area contributed by atoms with E-state index in [-0.39, 0.29) is 0 Å². The van der Waals surface area contributed by atoms with Crippen LogP contribution in [0.3, 0.4) is 0 Å². The molecule has 0 amide bonds. The van der Waals surface area contributed by atoms with Gasteiger partial charge in [-0.05, 0) is 45.3 Å². The topological polar surface area (TPSA) is 67.1 Å². The van der Waals surface area contributed by atoms with Crippen LogP contribution in [0, 0.1) is 0 Å². The molecular formula is C13H19N5. The maximum absolute atomic E-state index is 5.80. The molecule has 0 saturated heterocycles. The Labute approximate surface area is 107 Å². The maximum atomic E-state index is 5.80. The van der Waals surface area contributed by atoms with Crippen LogP contribution in [0.15, 0.2) is 24.5 Å². The molecular weight excluding hydrogens is 226 g/mol. The van der Waals surface area contributed by atoms with Crippen LogP contribution in [0.25, 0.3) is 10.9 Å². The number of fused-ring (bicyclic) bond motifs is 1. The highest BCUT2D eigenvalue weighted by atomic mass is 15.1. The van der Waals surface area contributed by atoms with E-state index in [4.69, 9.17) is 5.73 Å². The Kier molecular flexibility index (Phi) is 3.94. The van der Waals surface area contributed by atoms with Gasteiger partial charge in [-0.2, -0.15) is 0 Å².